The van der Waals surface area contributed by atoms with E-state index in [2.05, 4.69) is 5.32 Å². The summed E-state index contributed by atoms with van der Waals surface area (Å²) < 4.78 is 13.8. The molecule has 1 N–H and O–H groups in total. The molecule has 0 saturated heterocycles. The number of nitrogens with one attached hydrogen (secondary N) is 1. The number of halogens is 4. The van der Waals surface area contributed by atoms with Crippen LogP contribution < -0.4 is 5.32 Å². The smallest absolute Gasteiger partial charge is 0.262 e. The van der Waals surface area contributed by atoms with Crippen molar-refractivity contribution in [3.63, 3.8) is 0 Å². The molecule has 0 aliphatic carbocycles. The lowest BCUT2D eigenvalue weighted by Gasteiger charge is -2.21. The van der Waals surface area contributed by atoms with Crippen molar-refractivity contribution in [3.8, 4) is 0 Å². The number of carbonyl (C=O) groups excluding carboxylic acids is 3. The van der Waals surface area contributed by atoms with Gasteiger partial charge in [-0.25, -0.2) is 4.39 Å². The monoisotopic (exact) mass is 414 g/mol. The molecule has 0 fully saturated rings. The van der Waals surface area contributed by atoms with Crippen LogP contribution in [-0.2, 0) is 4.79 Å². The van der Waals surface area contributed by atoms with Crippen molar-refractivity contribution in [2.45, 2.75) is 13.0 Å². The highest BCUT2D eigenvalue weighted by molar-refractivity contribution is 6.43. The van der Waals surface area contributed by atoms with Gasteiger partial charge in [0.25, 0.3) is 11.8 Å². The summed E-state index contributed by atoms with van der Waals surface area (Å²) in [7, 11) is 0. The lowest BCUT2D eigenvalue weighted by molar-refractivity contribution is -0.119. The quantitative estimate of drug-likeness (QED) is 0.755. The molecular formula is C17H10Cl3FN2O3. The van der Waals surface area contributed by atoms with Gasteiger partial charge in [0.15, 0.2) is 0 Å². The fourth-order valence-corrected chi connectivity index (χ4v) is 3.05. The molecule has 0 saturated carbocycles. The molecule has 2 aromatic carbocycles. The van der Waals surface area contributed by atoms with E-state index in [1.807, 2.05) is 0 Å². The number of hydrogen-bond donors (Lipinski definition) is 1. The minimum absolute atomic E-state index is 0.0537. The molecule has 134 valence electrons. The summed E-state index contributed by atoms with van der Waals surface area (Å²) >= 11 is 17.6. The predicted octanol–water partition coefficient (Wildman–Crippen LogP) is 4.41. The van der Waals surface area contributed by atoms with Crippen LogP contribution in [-0.4, -0.2) is 28.7 Å². The lowest BCUT2D eigenvalue weighted by atomic mass is 10.1. The summed E-state index contributed by atoms with van der Waals surface area (Å²) in [6.07, 6.45) is 0. The lowest BCUT2D eigenvalue weighted by Crippen LogP contribution is -2.45. The molecule has 26 heavy (non-hydrogen) atoms. The maximum atomic E-state index is 13.8. The Morgan fingerprint density at radius 1 is 1.04 bits per heavy atom. The van der Waals surface area contributed by atoms with Crippen LogP contribution in [0, 0.1) is 5.82 Å². The Balaban J connectivity index is 1.87. The average Bonchev–Trinajstić information content (AvgIpc) is 2.81. The first-order chi connectivity index (χ1) is 12.2. The van der Waals surface area contributed by atoms with E-state index >= 15 is 0 Å². The molecule has 3 amide bonds. The highest BCUT2D eigenvalue weighted by Crippen LogP contribution is 2.32. The Morgan fingerprint density at radius 2 is 1.58 bits per heavy atom. The van der Waals surface area contributed by atoms with Crippen LogP contribution in [0.25, 0.3) is 0 Å². The number of fused-ring (bicyclic) bond motifs is 1. The number of carbonyl (C=O) groups is 3. The van der Waals surface area contributed by atoms with Gasteiger partial charge in [0.2, 0.25) is 5.91 Å². The summed E-state index contributed by atoms with van der Waals surface area (Å²) in [5.74, 6) is -2.82. The van der Waals surface area contributed by atoms with Gasteiger partial charge in [0.1, 0.15) is 11.9 Å². The highest BCUT2D eigenvalue weighted by atomic mass is 35.5. The SMILES string of the molecule is CC(C(=O)Nc1cc(Cl)ccc1F)N1C(=O)c2cc(Cl)c(Cl)cc2C1=O. The second-order valence-corrected chi connectivity index (χ2v) is 6.83. The van der Waals surface area contributed by atoms with Crippen molar-refractivity contribution in [1.29, 1.82) is 0 Å². The third kappa shape index (κ3) is 3.16. The second-order valence-electron chi connectivity index (χ2n) is 5.58. The van der Waals surface area contributed by atoms with Crippen molar-refractivity contribution >= 4 is 58.2 Å². The number of amides is 3. The van der Waals surface area contributed by atoms with Gasteiger partial charge in [-0.15, -0.1) is 0 Å². The predicted molar refractivity (Wildman–Crippen MR) is 96.5 cm³/mol. The zero-order valence-electron chi connectivity index (χ0n) is 13.1. The molecule has 0 spiro atoms. The standard InChI is InChI=1S/C17H10Cl3FN2O3/c1-7(15(24)22-14-4-8(18)2-3-13(14)21)23-16(25)9-5-11(19)12(20)6-10(9)17(23)26/h2-7H,1H3,(H,22,24). The minimum Gasteiger partial charge on any atom is -0.322 e. The summed E-state index contributed by atoms with van der Waals surface area (Å²) in [6, 6.07) is 5.01. The van der Waals surface area contributed by atoms with Gasteiger partial charge in [-0.2, -0.15) is 0 Å². The van der Waals surface area contributed by atoms with Gasteiger partial charge in [0, 0.05) is 5.02 Å². The molecule has 1 heterocycles. The molecule has 1 unspecified atom stereocenters. The molecule has 5 nitrogen and oxygen atoms in total. The van der Waals surface area contributed by atoms with E-state index in [4.69, 9.17) is 34.8 Å². The molecule has 0 bridgehead atoms. The normalized spacial score (nSPS) is 14.4. The number of imide groups is 1. The minimum atomic E-state index is -1.20. The second kappa shape index (κ2) is 6.87. The zero-order valence-corrected chi connectivity index (χ0v) is 15.4. The molecule has 3 rings (SSSR count). The Labute approximate surface area is 162 Å². The van der Waals surface area contributed by atoms with Crippen LogP contribution in [0.3, 0.4) is 0 Å². The molecule has 2 aromatic rings. The summed E-state index contributed by atoms with van der Waals surface area (Å²) in [4.78, 5) is 38.2. The highest BCUT2D eigenvalue weighted by Gasteiger charge is 2.41. The van der Waals surface area contributed by atoms with Crippen LogP contribution in [0.4, 0.5) is 10.1 Å². The fraction of sp³-hybridized carbons (Fsp3) is 0.118. The van der Waals surface area contributed by atoms with Gasteiger partial charge in [-0.1, -0.05) is 34.8 Å². The van der Waals surface area contributed by atoms with Gasteiger partial charge >= 0.3 is 0 Å². The van der Waals surface area contributed by atoms with Crippen molar-refractivity contribution in [3.05, 3.63) is 62.3 Å². The van der Waals surface area contributed by atoms with Gasteiger partial charge in [0.05, 0.1) is 26.9 Å². The maximum Gasteiger partial charge on any atom is 0.262 e. The molecular weight excluding hydrogens is 406 g/mol. The Hall–Kier alpha value is -2.15. The number of nitrogens with zero attached hydrogens (tertiary/aromatic N) is 1. The van der Waals surface area contributed by atoms with E-state index < -0.39 is 29.6 Å². The van der Waals surface area contributed by atoms with E-state index in [1.165, 1.54) is 31.2 Å². The average molecular weight is 416 g/mol. The summed E-state index contributed by atoms with van der Waals surface area (Å²) in [5.41, 5.74) is -0.0481. The van der Waals surface area contributed by atoms with Crippen molar-refractivity contribution in [2.75, 3.05) is 5.32 Å². The van der Waals surface area contributed by atoms with E-state index in [9.17, 15) is 18.8 Å². The zero-order chi connectivity index (χ0) is 19.2. The van der Waals surface area contributed by atoms with Crippen LogP contribution in [0.1, 0.15) is 27.6 Å². The first-order valence-electron chi connectivity index (χ1n) is 7.33. The van der Waals surface area contributed by atoms with Crippen molar-refractivity contribution in [1.82, 2.24) is 4.90 Å². The fourth-order valence-electron chi connectivity index (χ4n) is 2.55. The molecule has 0 radical (unpaired) electrons. The van der Waals surface area contributed by atoms with E-state index in [0.29, 0.717) is 0 Å². The third-order valence-corrected chi connectivity index (χ3v) is 4.87. The van der Waals surface area contributed by atoms with Crippen LogP contribution in [0.5, 0.6) is 0 Å². The first-order valence-corrected chi connectivity index (χ1v) is 8.47. The van der Waals surface area contributed by atoms with Crippen LogP contribution in [0.2, 0.25) is 15.1 Å². The number of benzene rings is 2. The third-order valence-electron chi connectivity index (χ3n) is 3.91. The summed E-state index contributed by atoms with van der Waals surface area (Å²) in [5, 5.41) is 2.78. The van der Waals surface area contributed by atoms with Crippen LogP contribution in [0.15, 0.2) is 30.3 Å². The molecule has 0 aromatic heterocycles. The van der Waals surface area contributed by atoms with Crippen LogP contribution >= 0.6 is 34.8 Å². The molecule has 1 atom stereocenters. The Kier molecular flexibility index (Phi) is 4.92. The van der Waals surface area contributed by atoms with Gasteiger partial charge in [-0.3, -0.25) is 19.3 Å². The summed E-state index contributed by atoms with van der Waals surface area (Å²) in [6.45, 7) is 1.35. The Bertz CT molecular complexity index is 924. The molecule has 1 aliphatic rings. The Morgan fingerprint density at radius 3 is 2.12 bits per heavy atom. The number of hydrogen-bond acceptors (Lipinski definition) is 3. The van der Waals surface area contributed by atoms with E-state index in [0.717, 1.165) is 11.0 Å². The first kappa shape index (κ1) is 18.6. The maximum absolute atomic E-state index is 13.8. The van der Waals surface area contributed by atoms with Gasteiger partial charge in [-0.05, 0) is 37.3 Å². The van der Waals surface area contributed by atoms with Crippen molar-refractivity contribution in [2.24, 2.45) is 0 Å². The topological polar surface area (TPSA) is 66.5 Å². The largest absolute Gasteiger partial charge is 0.322 e. The number of rotatable bonds is 3. The van der Waals surface area contributed by atoms with Crippen molar-refractivity contribution < 1.29 is 18.8 Å². The number of anilines is 1. The van der Waals surface area contributed by atoms with E-state index in [-0.39, 0.29) is 31.9 Å². The van der Waals surface area contributed by atoms with E-state index in [1.54, 1.807) is 0 Å². The molecule has 9 heteroatoms. The molecule has 1 aliphatic heterocycles. The van der Waals surface area contributed by atoms with Gasteiger partial charge < -0.3 is 5.32 Å².